The molecule has 1 atom stereocenters. The van der Waals surface area contributed by atoms with Gasteiger partial charge in [-0.2, -0.15) is 0 Å². The molecule has 102 valence electrons. The fourth-order valence-corrected chi connectivity index (χ4v) is 2.44. The van der Waals surface area contributed by atoms with E-state index in [1.165, 1.54) is 38.5 Å². The number of benzene rings is 1. The molecule has 1 aromatic rings. The smallest absolute Gasteiger partial charge is 0.240 e. The molecule has 18 heavy (non-hydrogen) atoms. The number of aromatic hydroxyl groups is 1. The number of nitrogens with one attached hydrogen (secondary N) is 1. The molecule has 0 fully saturated rings. The predicted octanol–water partition coefficient (Wildman–Crippen LogP) is 0.332. The normalized spacial score (nSPS) is 13.4. The Morgan fingerprint density at radius 3 is 2.67 bits per heavy atom. The van der Waals surface area contributed by atoms with E-state index >= 15 is 0 Å². The third-order valence-corrected chi connectivity index (χ3v) is 3.74. The van der Waals surface area contributed by atoms with E-state index in [1.807, 2.05) is 0 Å². The molecule has 1 rings (SSSR count). The van der Waals surface area contributed by atoms with Crippen molar-refractivity contribution >= 4 is 10.0 Å². The molecule has 0 spiro atoms. The van der Waals surface area contributed by atoms with Gasteiger partial charge in [0.05, 0.1) is 17.6 Å². The molecule has 0 heterocycles. The summed E-state index contributed by atoms with van der Waals surface area (Å²) in [5, 5.41) is 9.25. The Balaban J connectivity index is 2.70. The van der Waals surface area contributed by atoms with Crippen molar-refractivity contribution in [3.63, 3.8) is 0 Å². The number of rotatable bonds is 7. The van der Waals surface area contributed by atoms with Crippen molar-refractivity contribution in [2.24, 2.45) is 0 Å². The summed E-state index contributed by atoms with van der Waals surface area (Å²) < 4.78 is 36.1. The maximum atomic E-state index is 11.9. The Hall–Kier alpha value is -1.15. The zero-order chi connectivity index (χ0) is 13.6. The summed E-state index contributed by atoms with van der Waals surface area (Å²) in [7, 11) is -0.664. The van der Waals surface area contributed by atoms with Crippen molar-refractivity contribution in [3.8, 4) is 5.75 Å². The zero-order valence-corrected chi connectivity index (χ0v) is 11.1. The van der Waals surface area contributed by atoms with Gasteiger partial charge in [-0.1, -0.05) is 6.07 Å². The van der Waals surface area contributed by atoms with Crippen LogP contribution in [0.15, 0.2) is 29.2 Å². The summed E-state index contributed by atoms with van der Waals surface area (Å²) >= 11 is 0. The van der Waals surface area contributed by atoms with Gasteiger partial charge in [-0.25, -0.2) is 13.1 Å². The Morgan fingerprint density at radius 2 is 2.11 bits per heavy atom. The molecule has 0 bridgehead atoms. The summed E-state index contributed by atoms with van der Waals surface area (Å²) in [5.41, 5.74) is 0. The van der Waals surface area contributed by atoms with E-state index in [4.69, 9.17) is 9.47 Å². The molecule has 0 radical (unpaired) electrons. The van der Waals surface area contributed by atoms with Crippen LogP contribution in [-0.2, 0) is 19.5 Å². The predicted molar refractivity (Wildman–Crippen MR) is 66.0 cm³/mol. The average molecular weight is 275 g/mol. The molecule has 0 aliphatic carbocycles. The van der Waals surface area contributed by atoms with Gasteiger partial charge in [-0.3, -0.25) is 0 Å². The molecule has 0 aromatic heterocycles. The Bertz CT molecular complexity index is 474. The third kappa shape index (κ3) is 4.26. The summed E-state index contributed by atoms with van der Waals surface area (Å²) in [5.74, 6) is -0.0990. The van der Waals surface area contributed by atoms with Crippen molar-refractivity contribution < 1.29 is 23.0 Å². The molecular formula is C11H17NO5S. The van der Waals surface area contributed by atoms with Crippen LogP contribution in [0.1, 0.15) is 0 Å². The van der Waals surface area contributed by atoms with Gasteiger partial charge >= 0.3 is 0 Å². The van der Waals surface area contributed by atoms with E-state index in [2.05, 4.69) is 4.72 Å². The summed E-state index contributed by atoms with van der Waals surface area (Å²) in [6.45, 7) is 0.390. The second-order valence-electron chi connectivity index (χ2n) is 3.66. The highest BCUT2D eigenvalue weighted by atomic mass is 32.2. The Morgan fingerprint density at radius 1 is 1.39 bits per heavy atom. The maximum Gasteiger partial charge on any atom is 0.240 e. The van der Waals surface area contributed by atoms with Gasteiger partial charge < -0.3 is 14.6 Å². The maximum absolute atomic E-state index is 11.9. The van der Waals surface area contributed by atoms with Gasteiger partial charge in [0, 0.05) is 20.8 Å². The number of methoxy groups -OCH3 is 2. The number of phenolic OH excluding ortho intramolecular Hbond substituents is 1. The lowest BCUT2D eigenvalue weighted by Crippen LogP contribution is -2.35. The first-order valence-corrected chi connectivity index (χ1v) is 6.78. The molecule has 0 aliphatic heterocycles. The molecule has 6 nitrogen and oxygen atoms in total. The largest absolute Gasteiger partial charge is 0.508 e. The Labute approximate surface area is 107 Å². The van der Waals surface area contributed by atoms with Crippen molar-refractivity contribution in [2.75, 3.05) is 27.4 Å². The van der Waals surface area contributed by atoms with E-state index in [-0.39, 0.29) is 23.3 Å². The zero-order valence-electron chi connectivity index (χ0n) is 10.3. The summed E-state index contributed by atoms with van der Waals surface area (Å²) in [6, 6.07) is 5.45. The number of sulfonamides is 1. The third-order valence-electron chi connectivity index (χ3n) is 2.31. The second kappa shape index (κ2) is 6.69. The lowest BCUT2D eigenvalue weighted by atomic mass is 10.3. The standard InChI is InChI=1S/C11H17NO5S/c1-16-8-10(17-2)7-12-18(14,15)11-5-3-4-9(13)6-11/h3-6,10,12-13H,7-8H2,1-2H3. The van der Waals surface area contributed by atoms with Crippen LogP contribution in [0, 0.1) is 0 Å². The molecule has 0 saturated carbocycles. The van der Waals surface area contributed by atoms with Gasteiger partial charge in [-0.05, 0) is 18.2 Å². The second-order valence-corrected chi connectivity index (χ2v) is 5.43. The van der Waals surface area contributed by atoms with Gasteiger partial charge in [-0.15, -0.1) is 0 Å². The average Bonchev–Trinajstić information content (AvgIpc) is 2.34. The lowest BCUT2D eigenvalue weighted by molar-refractivity contribution is 0.0320. The minimum Gasteiger partial charge on any atom is -0.508 e. The van der Waals surface area contributed by atoms with Crippen LogP contribution >= 0.6 is 0 Å². The van der Waals surface area contributed by atoms with Crippen LogP contribution in [0.5, 0.6) is 5.75 Å². The quantitative estimate of drug-likeness (QED) is 0.749. The highest BCUT2D eigenvalue weighted by molar-refractivity contribution is 7.89. The molecule has 2 N–H and O–H groups in total. The van der Waals surface area contributed by atoms with E-state index in [0.717, 1.165) is 0 Å². The van der Waals surface area contributed by atoms with Crippen LogP contribution in [-0.4, -0.2) is 47.0 Å². The summed E-state index contributed by atoms with van der Waals surface area (Å²) in [6.07, 6.45) is -0.359. The molecule has 1 unspecified atom stereocenters. The number of hydrogen-bond acceptors (Lipinski definition) is 5. The van der Waals surface area contributed by atoms with Gasteiger partial charge in [0.2, 0.25) is 10.0 Å². The van der Waals surface area contributed by atoms with E-state index in [9.17, 15) is 13.5 Å². The van der Waals surface area contributed by atoms with Crippen LogP contribution in [0.4, 0.5) is 0 Å². The van der Waals surface area contributed by atoms with Gasteiger partial charge in [0.25, 0.3) is 0 Å². The first kappa shape index (κ1) is 14.9. The van der Waals surface area contributed by atoms with Crippen molar-refractivity contribution in [2.45, 2.75) is 11.0 Å². The highest BCUT2D eigenvalue weighted by Crippen LogP contribution is 2.15. The summed E-state index contributed by atoms with van der Waals surface area (Å²) in [4.78, 5) is 0.00905. The molecule has 0 aliphatic rings. The van der Waals surface area contributed by atoms with Crippen molar-refractivity contribution in [1.29, 1.82) is 0 Å². The molecule has 1 aromatic carbocycles. The van der Waals surface area contributed by atoms with E-state index in [1.54, 1.807) is 0 Å². The van der Waals surface area contributed by atoms with E-state index < -0.39 is 10.0 Å². The first-order chi connectivity index (χ1) is 8.49. The molecular weight excluding hydrogens is 258 g/mol. The van der Waals surface area contributed by atoms with Crippen molar-refractivity contribution in [1.82, 2.24) is 4.72 Å². The minimum atomic E-state index is -3.65. The SMILES string of the molecule is COCC(CNS(=O)(=O)c1cccc(O)c1)OC. The van der Waals surface area contributed by atoms with Crippen LogP contribution in [0.25, 0.3) is 0 Å². The monoisotopic (exact) mass is 275 g/mol. The first-order valence-electron chi connectivity index (χ1n) is 5.30. The number of hydrogen-bond donors (Lipinski definition) is 2. The lowest BCUT2D eigenvalue weighted by Gasteiger charge is -2.15. The minimum absolute atomic E-state index is 0.00905. The topological polar surface area (TPSA) is 84.9 Å². The molecule has 0 amide bonds. The molecule has 7 heteroatoms. The van der Waals surface area contributed by atoms with E-state index in [0.29, 0.717) is 6.61 Å². The highest BCUT2D eigenvalue weighted by Gasteiger charge is 2.17. The van der Waals surface area contributed by atoms with Crippen LogP contribution in [0.2, 0.25) is 0 Å². The number of phenols is 1. The van der Waals surface area contributed by atoms with Crippen LogP contribution < -0.4 is 4.72 Å². The number of ether oxygens (including phenoxy) is 2. The van der Waals surface area contributed by atoms with Gasteiger partial charge in [0.1, 0.15) is 5.75 Å². The molecule has 0 saturated heterocycles. The van der Waals surface area contributed by atoms with Gasteiger partial charge in [0.15, 0.2) is 0 Å². The van der Waals surface area contributed by atoms with Crippen molar-refractivity contribution in [3.05, 3.63) is 24.3 Å². The fraction of sp³-hybridized carbons (Fsp3) is 0.455. The van der Waals surface area contributed by atoms with Crippen LogP contribution in [0.3, 0.4) is 0 Å². The fourth-order valence-electron chi connectivity index (χ4n) is 1.33. The Kier molecular flexibility index (Phi) is 5.54.